The molecule has 4 N–H and O–H groups in total. The predicted molar refractivity (Wildman–Crippen MR) is 163 cm³/mol. The fourth-order valence-corrected chi connectivity index (χ4v) is 7.91. The number of nitrogens with one attached hydrogen (secondary N) is 2. The largest absolute Gasteiger partial charge is 0.378 e. The molecule has 5 rings (SSSR count). The second kappa shape index (κ2) is 12.3. The SMILES string of the molecule is CN(C)c1ccc(-c2cc(CC(N)=O)c3[nH]cc(C4CCN(S(=O)(=O)CCCNC5CCCC5)CC4)c3c2)cc1. The van der Waals surface area contributed by atoms with Crippen LogP contribution in [0.5, 0.6) is 0 Å². The number of hydrogen-bond donors (Lipinski definition) is 3. The third-order valence-electron chi connectivity index (χ3n) is 8.64. The highest BCUT2D eigenvalue weighted by Gasteiger charge is 2.30. The third kappa shape index (κ3) is 6.53. The molecule has 1 aliphatic heterocycles. The Morgan fingerprint density at radius 2 is 1.75 bits per heavy atom. The Bertz CT molecular complexity index is 1420. The molecule has 8 nitrogen and oxygen atoms in total. The van der Waals surface area contributed by atoms with Crippen molar-refractivity contribution >= 4 is 32.5 Å². The van der Waals surface area contributed by atoms with Crippen molar-refractivity contribution in [3.8, 4) is 11.1 Å². The zero-order chi connectivity index (χ0) is 28.3. The monoisotopic (exact) mass is 565 g/mol. The zero-order valence-corrected chi connectivity index (χ0v) is 24.6. The first-order chi connectivity index (χ1) is 19.2. The Morgan fingerprint density at radius 3 is 2.40 bits per heavy atom. The van der Waals surface area contributed by atoms with Gasteiger partial charge in [0.15, 0.2) is 0 Å². The lowest BCUT2D eigenvalue weighted by atomic mass is 9.88. The lowest BCUT2D eigenvalue weighted by Gasteiger charge is -2.31. The number of H-pyrrole nitrogens is 1. The van der Waals surface area contributed by atoms with Crippen LogP contribution in [-0.2, 0) is 21.2 Å². The number of piperidine rings is 1. The Hall–Kier alpha value is -2.88. The Kier molecular flexibility index (Phi) is 8.83. The van der Waals surface area contributed by atoms with Gasteiger partial charge in [-0.1, -0.05) is 25.0 Å². The van der Waals surface area contributed by atoms with Gasteiger partial charge in [-0.25, -0.2) is 12.7 Å². The molecule has 2 aromatic carbocycles. The molecule has 2 fully saturated rings. The van der Waals surface area contributed by atoms with E-state index in [0.717, 1.165) is 52.7 Å². The van der Waals surface area contributed by atoms with Crippen LogP contribution in [0.1, 0.15) is 62.0 Å². The number of hydrogen-bond acceptors (Lipinski definition) is 5. The van der Waals surface area contributed by atoms with Gasteiger partial charge in [-0.05, 0) is 91.1 Å². The van der Waals surface area contributed by atoms with Gasteiger partial charge in [0.2, 0.25) is 15.9 Å². The molecule has 1 saturated carbocycles. The molecule has 0 spiro atoms. The second-order valence-electron chi connectivity index (χ2n) is 11.7. The van der Waals surface area contributed by atoms with Crippen LogP contribution in [-0.4, -0.2) is 69.1 Å². The maximum absolute atomic E-state index is 13.0. The van der Waals surface area contributed by atoms with E-state index in [-0.39, 0.29) is 24.0 Å². The first kappa shape index (κ1) is 28.6. The maximum Gasteiger partial charge on any atom is 0.221 e. The average Bonchev–Trinajstić information content (AvgIpc) is 3.61. The molecular formula is C31H43N5O3S. The van der Waals surface area contributed by atoms with Gasteiger partial charge < -0.3 is 20.9 Å². The van der Waals surface area contributed by atoms with E-state index in [4.69, 9.17) is 5.73 Å². The van der Waals surface area contributed by atoms with Crippen molar-refractivity contribution in [2.45, 2.75) is 63.3 Å². The van der Waals surface area contributed by atoms with Crippen LogP contribution in [0.15, 0.2) is 42.6 Å². The molecule has 0 bridgehead atoms. The summed E-state index contributed by atoms with van der Waals surface area (Å²) in [4.78, 5) is 17.4. The fraction of sp³-hybridized carbons (Fsp3) is 0.516. The minimum atomic E-state index is -3.26. The van der Waals surface area contributed by atoms with Crippen LogP contribution in [0.3, 0.4) is 0 Å². The molecule has 2 aliphatic rings. The molecule has 9 heteroatoms. The van der Waals surface area contributed by atoms with Crippen LogP contribution in [0.25, 0.3) is 22.0 Å². The number of benzene rings is 2. The number of carbonyl (C=O) groups is 1. The summed E-state index contributed by atoms with van der Waals surface area (Å²) in [6.07, 6.45) is 9.38. The van der Waals surface area contributed by atoms with Gasteiger partial charge in [-0.3, -0.25) is 4.79 Å². The summed E-state index contributed by atoms with van der Waals surface area (Å²) in [7, 11) is 0.778. The van der Waals surface area contributed by atoms with Crippen LogP contribution >= 0.6 is 0 Å². The molecule has 1 aliphatic carbocycles. The van der Waals surface area contributed by atoms with Gasteiger partial charge in [0.25, 0.3) is 0 Å². The molecule has 2 heterocycles. The number of nitrogens with two attached hydrogens (primary N) is 1. The number of sulfonamides is 1. The number of carbonyl (C=O) groups excluding carboxylic acids is 1. The average molecular weight is 566 g/mol. The second-order valence-corrected chi connectivity index (χ2v) is 13.8. The normalized spacial score (nSPS) is 17.6. The quantitative estimate of drug-likeness (QED) is 0.299. The van der Waals surface area contributed by atoms with Gasteiger partial charge >= 0.3 is 0 Å². The van der Waals surface area contributed by atoms with E-state index >= 15 is 0 Å². The van der Waals surface area contributed by atoms with Crippen molar-refractivity contribution in [3.05, 3.63) is 53.7 Å². The zero-order valence-electron chi connectivity index (χ0n) is 23.8. The summed E-state index contributed by atoms with van der Waals surface area (Å²) >= 11 is 0. The molecule has 0 unspecified atom stereocenters. The van der Waals surface area contributed by atoms with E-state index in [1.54, 1.807) is 4.31 Å². The lowest BCUT2D eigenvalue weighted by molar-refractivity contribution is -0.117. The van der Waals surface area contributed by atoms with Crippen LogP contribution in [0.2, 0.25) is 0 Å². The number of fused-ring (bicyclic) bond motifs is 1. The topological polar surface area (TPSA) is 112 Å². The highest BCUT2D eigenvalue weighted by atomic mass is 32.2. The van der Waals surface area contributed by atoms with E-state index in [1.165, 1.54) is 31.2 Å². The van der Waals surface area contributed by atoms with Crippen LogP contribution < -0.4 is 16.0 Å². The van der Waals surface area contributed by atoms with Crippen molar-refractivity contribution in [2.24, 2.45) is 5.73 Å². The van der Waals surface area contributed by atoms with Crippen LogP contribution in [0.4, 0.5) is 5.69 Å². The molecule has 40 heavy (non-hydrogen) atoms. The molecular weight excluding hydrogens is 522 g/mol. The summed E-state index contributed by atoms with van der Waals surface area (Å²) in [6.45, 7) is 1.84. The predicted octanol–water partition coefficient (Wildman–Crippen LogP) is 4.36. The van der Waals surface area contributed by atoms with Gasteiger partial charge in [0.1, 0.15) is 0 Å². The van der Waals surface area contributed by atoms with E-state index in [9.17, 15) is 13.2 Å². The first-order valence-electron chi connectivity index (χ1n) is 14.6. The molecule has 1 aromatic heterocycles. The third-order valence-corrected chi connectivity index (χ3v) is 10.6. The van der Waals surface area contributed by atoms with E-state index in [2.05, 4.69) is 51.6 Å². The Labute approximate surface area is 238 Å². The van der Waals surface area contributed by atoms with E-state index in [0.29, 0.717) is 25.6 Å². The maximum atomic E-state index is 13.0. The minimum absolute atomic E-state index is 0.159. The lowest BCUT2D eigenvalue weighted by Crippen LogP contribution is -2.40. The molecule has 1 amide bonds. The number of anilines is 1. The molecule has 0 atom stereocenters. The highest BCUT2D eigenvalue weighted by molar-refractivity contribution is 7.89. The summed E-state index contributed by atoms with van der Waals surface area (Å²) in [5, 5.41) is 4.61. The van der Waals surface area contributed by atoms with Gasteiger partial charge in [-0.2, -0.15) is 0 Å². The molecule has 1 saturated heterocycles. The fourth-order valence-electron chi connectivity index (χ4n) is 6.38. The smallest absolute Gasteiger partial charge is 0.221 e. The van der Waals surface area contributed by atoms with E-state index < -0.39 is 10.0 Å². The number of primary amides is 1. The summed E-state index contributed by atoms with van der Waals surface area (Å²) in [5.41, 5.74) is 11.9. The number of aromatic nitrogens is 1. The van der Waals surface area contributed by atoms with Crippen molar-refractivity contribution in [2.75, 3.05) is 44.4 Å². The number of nitrogens with zero attached hydrogens (tertiary/aromatic N) is 2. The van der Waals surface area contributed by atoms with Crippen molar-refractivity contribution in [3.63, 3.8) is 0 Å². The highest BCUT2D eigenvalue weighted by Crippen LogP contribution is 2.37. The summed E-state index contributed by atoms with van der Waals surface area (Å²) in [5.74, 6) is 0.0863. The van der Waals surface area contributed by atoms with Crippen molar-refractivity contribution in [1.29, 1.82) is 0 Å². The van der Waals surface area contributed by atoms with Crippen LogP contribution in [0, 0.1) is 0 Å². The number of aromatic amines is 1. The number of rotatable bonds is 11. The van der Waals surface area contributed by atoms with Crippen molar-refractivity contribution in [1.82, 2.24) is 14.6 Å². The molecule has 0 radical (unpaired) electrons. The first-order valence-corrected chi connectivity index (χ1v) is 16.2. The Balaban J connectivity index is 1.30. The standard InChI is InChI=1S/C31H43N5O3S/c1-35(2)27-10-8-22(9-11-27)24-18-25(20-30(32)37)31-28(19-24)29(21-34-31)23-12-15-36(16-13-23)40(38,39)17-5-14-33-26-6-3-4-7-26/h8-11,18-19,21,23,26,33-34H,3-7,12-17,20H2,1-2H3,(H2,32,37). The summed E-state index contributed by atoms with van der Waals surface area (Å²) in [6, 6.07) is 13.2. The van der Waals surface area contributed by atoms with Gasteiger partial charge in [-0.15, -0.1) is 0 Å². The Morgan fingerprint density at radius 1 is 1.05 bits per heavy atom. The molecule has 216 valence electrons. The van der Waals surface area contributed by atoms with E-state index in [1.807, 2.05) is 20.3 Å². The van der Waals surface area contributed by atoms with Gasteiger partial charge in [0.05, 0.1) is 12.2 Å². The van der Waals surface area contributed by atoms with Gasteiger partial charge in [0, 0.05) is 56.0 Å². The molecule has 3 aromatic rings. The number of amides is 1. The minimum Gasteiger partial charge on any atom is -0.378 e. The van der Waals surface area contributed by atoms with Crippen molar-refractivity contribution < 1.29 is 13.2 Å². The summed E-state index contributed by atoms with van der Waals surface area (Å²) < 4.78 is 27.8.